The zero-order chi connectivity index (χ0) is 20.1. The van der Waals surface area contributed by atoms with Crippen LogP contribution in [-0.2, 0) is 20.7 Å². The lowest BCUT2D eigenvalue weighted by atomic mass is 10.1. The molecule has 2 heterocycles. The van der Waals surface area contributed by atoms with Crippen LogP contribution >= 0.6 is 11.6 Å². The van der Waals surface area contributed by atoms with Crippen LogP contribution in [0.4, 0.5) is 0 Å². The van der Waals surface area contributed by atoms with Crippen molar-refractivity contribution in [1.82, 2.24) is 15.0 Å². The normalized spacial score (nSPS) is 11.8. The van der Waals surface area contributed by atoms with Crippen molar-refractivity contribution in [2.45, 2.75) is 32.6 Å². The Kier molecular flexibility index (Phi) is 6.53. The molecule has 9 heteroatoms. The molecule has 2 aromatic heterocycles. The van der Waals surface area contributed by atoms with E-state index >= 15 is 0 Å². The predicted octanol–water partition coefficient (Wildman–Crippen LogP) is 4.38. The second kappa shape index (κ2) is 8.89. The van der Waals surface area contributed by atoms with Gasteiger partial charge in [-0.2, -0.15) is 8.42 Å². The van der Waals surface area contributed by atoms with Gasteiger partial charge >= 0.3 is 0 Å². The molecule has 3 aromatic rings. The van der Waals surface area contributed by atoms with Gasteiger partial charge in [0, 0.05) is 17.0 Å². The molecule has 0 aliphatic rings. The molecule has 0 spiro atoms. The second-order valence-electron chi connectivity index (χ2n) is 6.52. The molecule has 0 aliphatic heterocycles. The summed E-state index contributed by atoms with van der Waals surface area (Å²) in [4.78, 5) is 12.0. The highest BCUT2D eigenvalue weighted by molar-refractivity contribution is 7.85. The number of oxazole rings is 1. The fourth-order valence-electron chi connectivity index (χ4n) is 2.77. The smallest absolute Gasteiger partial charge is 0.264 e. The quantitative estimate of drug-likeness (QED) is 0.405. The van der Waals surface area contributed by atoms with E-state index < -0.39 is 10.1 Å². The Morgan fingerprint density at radius 1 is 1.18 bits per heavy atom. The van der Waals surface area contributed by atoms with Gasteiger partial charge in [0.2, 0.25) is 5.89 Å². The molecule has 28 heavy (non-hydrogen) atoms. The first-order chi connectivity index (χ1) is 13.3. The molecular weight excluding hydrogens is 402 g/mol. The highest BCUT2D eigenvalue weighted by Gasteiger charge is 2.17. The first-order valence-electron chi connectivity index (χ1n) is 8.94. The van der Waals surface area contributed by atoms with Crippen molar-refractivity contribution in [3.63, 3.8) is 0 Å². The first-order valence-corrected chi connectivity index (χ1v) is 11.1. The molecule has 0 atom stereocenters. The van der Waals surface area contributed by atoms with Crippen LogP contribution in [0.1, 0.15) is 30.8 Å². The largest absolute Gasteiger partial charge is 0.439 e. The Labute approximate surface area is 169 Å². The third kappa shape index (κ3) is 5.67. The Bertz CT molecular complexity index is 1030. The summed E-state index contributed by atoms with van der Waals surface area (Å²) in [5.74, 6) is 2.04. The molecule has 150 valence electrons. The SMILES string of the molecule is Cc1ncc(-c2nc(-c3ccc(Cl)cc3)c(CCCCCOS(C)(=O)=O)o2)[nH]1. The van der Waals surface area contributed by atoms with Gasteiger partial charge in [-0.3, -0.25) is 4.18 Å². The number of benzene rings is 1. The summed E-state index contributed by atoms with van der Waals surface area (Å²) in [7, 11) is -3.38. The monoisotopic (exact) mass is 423 g/mol. The van der Waals surface area contributed by atoms with Gasteiger partial charge in [0.25, 0.3) is 10.1 Å². The Balaban J connectivity index is 1.72. The minimum absolute atomic E-state index is 0.192. The highest BCUT2D eigenvalue weighted by atomic mass is 35.5. The topological polar surface area (TPSA) is 98.1 Å². The van der Waals surface area contributed by atoms with Gasteiger partial charge in [0.15, 0.2) is 0 Å². The number of imidazole rings is 1. The Morgan fingerprint density at radius 3 is 2.57 bits per heavy atom. The summed E-state index contributed by atoms with van der Waals surface area (Å²) in [6.07, 6.45) is 5.72. The van der Waals surface area contributed by atoms with Crippen molar-refractivity contribution >= 4 is 21.7 Å². The number of hydrogen-bond acceptors (Lipinski definition) is 6. The van der Waals surface area contributed by atoms with E-state index in [1.165, 1.54) is 0 Å². The van der Waals surface area contributed by atoms with Gasteiger partial charge in [-0.1, -0.05) is 30.2 Å². The molecule has 0 amide bonds. The number of nitrogens with one attached hydrogen (secondary N) is 1. The van der Waals surface area contributed by atoms with Crippen molar-refractivity contribution in [2.75, 3.05) is 12.9 Å². The minimum Gasteiger partial charge on any atom is -0.439 e. The molecule has 0 saturated carbocycles. The maximum Gasteiger partial charge on any atom is 0.264 e. The Hall–Kier alpha value is -2.16. The average Bonchev–Trinajstić information content (AvgIpc) is 3.24. The van der Waals surface area contributed by atoms with Crippen LogP contribution in [0.3, 0.4) is 0 Å². The number of aromatic amines is 1. The molecule has 0 unspecified atom stereocenters. The third-order valence-corrected chi connectivity index (χ3v) is 4.94. The molecular formula is C19H22ClN3O4S. The van der Waals surface area contributed by atoms with Crippen molar-refractivity contribution < 1.29 is 17.0 Å². The zero-order valence-electron chi connectivity index (χ0n) is 15.7. The van der Waals surface area contributed by atoms with Crippen LogP contribution in [0, 0.1) is 6.92 Å². The van der Waals surface area contributed by atoms with Crippen molar-refractivity contribution in [1.29, 1.82) is 0 Å². The maximum atomic E-state index is 11.0. The van der Waals surface area contributed by atoms with E-state index in [9.17, 15) is 8.42 Å². The van der Waals surface area contributed by atoms with E-state index in [1.807, 2.05) is 31.2 Å². The van der Waals surface area contributed by atoms with E-state index in [0.29, 0.717) is 23.8 Å². The molecule has 7 nitrogen and oxygen atoms in total. The molecule has 0 fully saturated rings. The van der Waals surface area contributed by atoms with Crippen LogP contribution in [0.2, 0.25) is 5.02 Å². The molecule has 1 aromatic carbocycles. The predicted molar refractivity (Wildman–Crippen MR) is 108 cm³/mol. The summed E-state index contributed by atoms with van der Waals surface area (Å²) in [6, 6.07) is 7.45. The van der Waals surface area contributed by atoms with E-state index in [4.69, 9.17) is 20.2 Å². The summed E-state index contributed by atoms with van der Waals surface area (Å²) in [5.41, 5.74) is 2.41. The molecule has 0 aliphatic carbocycles. The van der Waals surface area contributed by atoms with Gasteiger partial charge in [0.05, 0.1) is 19.1 Å². The van der Waals surface area contributed by atoms with E-state index in [0.717, 1.165) is 47.6 Å². The zero-order valence-corrected chi connectivity index (χ0v) is 17.3. The van der Waals surface area contributed by atoms with Crippen LogP contribution in [-0.4, -0.2) is 36.2 Å². The number of rotatable bonds is 9. The summed E-state index contributed by atoms with van der Waals surface area (Å²) in [5, 5.41) is 0.657. The lowest BCUT2D eigenvalue weighted by molar-refractivity contribution is 0.310. The van der Waals surface area contributed by atoms with Gasteiger partial charge < -0.3 is 9.40 Å². The van der Waals surface area contributed by atoms with E-state index in [1.54, 1.807) is 6.20 Å². The van der Waals surface area contributed by atoms with Crippen LogP contribution in [0.15, 0.2) is 34.9 Å². The summed E-state index contributed by atoms with van der Waals surface area (Å²) in [6.45, 7) is 2.06. The number of aromatic nitrogens is 3. The molecule has 0 radical (unpaired) electrons. The number of nitrogens with zero attached hydrogens (tertiary/aromatic N) is 2. The Morgan fingerprint density at radius 2 is 1.93 bits per heavy atom. The number of aryl methyl sites for hydroxylation is 2. The number of hydrogen-bond donors (Lipinski definition) is 1. The number of unbranched alkanes of at least 4 members (excludes halogenated alkanes) is 2. The van der Waals surface area contributed by atoms with Gasteiger partial charge in [-0.05, 0) is 31.9 Å². The van der Waals surface area contributed by atoms with Crippen molar-refractivity contribution in [3.05, 3.63) is 47.1 Å². The maximum absolute atomic E-state index is 11.0. The lowest BCUT2D eigenvalue weighted by Gasteiger charge is -2.03. The number of H-pyrrole nitrogens is 1. The van der Waals surface area contributed by atoms with Crippen LogP contribution < -0.4 is 0 Å². The standard InChI is InChI=1S/C19H22ClN3O4S/c1-13-21-12-16(22-13)19-23-18(14-7-9-15(20)10-8-14)17(27-19)6-4-3-5-11-26-28(2,24)25/h7-10,12H,3-6,11H2,1-2H3,(H,21,22). The van der Waals surface area contributed by atoms with Crippen molar-refractivity contribution in [2.24, 2.45) is 0 Å². The molecule has 3 rings (SSSR count). The molecule has 0 bridgehead atoms. The second-order valence-corrected chi connectivity index (χ2v) is 8.60. The van der Waals surface area contributed by atoms with Gasteiger partial charge in [-0.25, -0.2) is 9.97 Å². The van der Waals surface area contributed by atoms with Crippen LogP contribution in [0.25, 0.3) is 22.8 Å². The van der Waals surface area contributed by atoms with Gasteiger partial charge in [0.1, 0.15) is 23.0 Å². The lowest BCUT2D eigenvalue weighted by Crippen LogP contribution is -2.04. The summed E-state index contributed by atoms with van der Waals surface area (Å²) >= 11 is 6.00. The fourth-order valence-corrected chi connectivity index (χ4v) is 3.32. The minimum atomic E-state index is -3.38. The molecule has 0 saturated heterocycles. The molecule has 1 N–H and O–H groups in total. The third-order valence-electron chi connectivity index (χ3n) is 4.09. The summed E-state index contributed by atoms with van der Waals surface area (Å²) < 4.78 is 32.8. The number of halogens is 1. The first kappa shape index (κ1) is 20.6. The highest BCUT2D eigenvalue weighted by Crippen LogP contribution is 2.30. The van der Waals surface area contributed by atoms with E-state index in [2.05, 4.69) is 15.0 Å². The van der Waals surface area contributed by atoms with Crippen molar-refractivity contribution in [3.8, 4) is 22.8 Å². The fraction of sp³-hybridized carbons (Fsp3) is 0.368. The van der Waals surface area contributed by atoms with Gasteiger partial charge in [-0.15, -0.1) is 0 Å². The average molecular weight is 424 g/mol. The van der Waals surface area contributed by atoms with E-state index in [-0.39, 0.29) is 6.61 Å². The van der Waals surface area contributed by atoms with Crippen LogP contribution in [0.5, 0.6) is 0 Å².